The molecule has 0 unspecified atom stereocenters. The molecule has 0 saturated carbocycles. The van der Waals surface area contributed by atoms with E-state index < -0.39 is 17.6 Å². The lowest BCUT2D eigenvalue weighted by Crippen LogP contribution is -2.06. The second-order valence-electron chi connectivity index (χ2n) is 5.33. The first-order valence-electron chi connectivity index (χ1n) is 7.83. The van der Waals surface area contributed by atoms with E-state index in [1.807, 2.05) is 0 Å². The Hall–Kier alpha value is -3.29. The number of rotatable bonds is 6. The number of ether oxygens (including phenoxy) is 2. The number of hydrogen-bond donors (Lipinski definition) is 1. The van der Waals surface area contributed by atoms with E-state index in [4.69, 9.17) is 9.47 Å². The largest absolute Gasteiger partial charge is 0.489 e. The third kappa shape index (κ3) is 4.02. The molecule has 26 heavy (non-hydrogen) atoms. The van der Waals surface area contributed by atoms with Crippen LogP contribution in [0.4, 0.5) is 8.78 Å². The monoisotopic (exact) mass is 359 g/mol. The molecular weight excluding hydrogens is 344 g/mol. The molecule has 134 valence electrons. The number of aromatic amines is 1. The Morgan fingerprint density at radius 2 is 1.77 bits per heavy atom. The zero-order valence-corrected chi connectivity index (χ0v) is 13.8. The van der Waals surface area contributed by atoms with Crippen molar-refractivity contribution in [2.45, 2.75) is 13.5 Å². The average Bonchev–Trinajstić information content (AvgIpc) is 3.10. The van der Waals surface area contributed by atoms with Crippen LogP contribution in [0.1, 0.15) is 23.0 Å². The van der Waals surface area contributed by atoms with Gasteiger partial charge in [-0.3, -0.25) is 0 Å². The van der Waals surface area contributed by atoms with E-state index in [2.05, 4.69) is 15.4 Å². The van der Waals surface area contributed by atoms with Crippen LogP contribution in [-0.4, -0.2) is 28.0 Å². The van der Waals surface area contributed by atoms with Crippen LogP contribution >= 0.6 is 0 Å². The summed E-state index contributed by atoms with van der Waals surface area (Å²) < 4.78 is 36.6. The summed E-state index contributed by atoms with van der Waals surface area (Å²) >= 11 is 0. The van der Waals surface area contributed by atoms with Gasteiger partial charge in [0.2, 0.25) is 0 Å². The first-order chi connectivity index (χ1) is 12.6. The molecule has 0 spiro atoms. The smallest absolute Gasteiger partial charge is 0.361 e. The van der Waals surface area contributed by atoms with Crippen LogP contribution in [0, 0.1) is 11.6 Å². The lowest BCUT2D eigenvalue weighted by Gasteiger charge is -2.07. The van der Waals surface area contributed by atoms with Gasteiger partial charge in [0, 0.05) is 23.8 Å². The Bertz CT molecular complexity index is 890. The van der Waals surface area contributed by atoms with E-state index in [0.717, 1.165) is 23.8 Å². The highest BCUT2D eigenvalue weighted by atomic mass is 19.1. The van der Waals surface area contributed by atoms with Crippen LogP contribution in [0.15, 0.2) is 42.5 Å². The van der Waals surface area contributed by atoms with Gasteiger partial charge in [0.25, 0.3) is 0 Å². The standard InChI is InChI=1S/C18H15F2N3O3/c1-2-25-18(24)17-16(21-23-22-17)12-5-3-11(4-6-12)10-26-15-8-13(19)7-14(20)9-15/h3-9H,2,10H2,1H3,(H,21,22,23). The van der Waals surface area contributed by atoms with Gasteiger partial charge >= 0.3 is 5.97 Å². The minimum Gasteiger partial charge on any atom is -0.489 e. The van der Waals surface area contributed by atoms with Crippen LogP contribution < -0.4 is 4.74 Å². The second kappa shape index (κ2) is 7.73. The number of H-pyrrole nitrogens is 1. The van der Waals surface area contributed by atoms with Crippen LogP contribution in [0.25, 0.3) is 11.3 Å². The molecule has 1 N–H and O–H groups in total. The van der Waals surface area contributed by atoms with Crippen molar-refractivity contribution in [3.8, 4) is 17.0 Å². The van der Waals surface area contributed by atoms with E-state index in [0.29, 0.717) is 11.3 Å². The molecule has 0 aliphatic heterocycles. The molecular formula is C18H15F2N3O3. The molecule has 3 aromatic rings. The predicted molar refractivity (Wildman–Crippen MR) is 88.5 cm³/mol. The number of nitrogens with one attached hydrogen (secondary N) is 1. The molecule has 3 rings (SSSR count). The van der Waals surface area contributed by atoms with Crippen LogP contribution in [0.5, 0.6) is 5.75 Å². The minimum atomic E-state index is -0.701. The number of halogens is 2. The summed E-state index contributed by atoms with van der Waals surface area (Å²) in [6.07, 6.45) is 0. The fourth-order valence-corrected chi connectivity index (χ4v) is 2.31. The Balaban J connectivity index is 1.71. The topological polar surface area (TPSA) is 77.1 Å². The van der Waals surface area contributed by atoms with Gasteiger partial charge in [-0.05, 0) is 12.5 Å². The summed E-state index contributed by atoms with van der Waals surface area (Å²) in [6, 6.07) is 10.00. The molecule has 0 bridgehead atoms. The summed E-state index contributed by atoms with van der Waals surface area (Å²) in [7, 11) is 0. The quantitative estimate of drug-likeness (QED) is 0.682. The predicted octanol–water partition coefficient (Wildman–Crippen LogP) is 3.51. The number of carbonyl (C=O) groups is 1. The van der Waals surface area contributed by atoms with Crippen LogP contribution in [0.2, 0.25) is 0 Å². The van der Waals surface area contributed by atoms with Crippen molar-refractivity contribution in [1.82, 2.24) is 15.4 Å². The molecule has 0 aliphatic rings. The lowest BCUT2D eigenvalue weighted by atomic mass is 10.1. The molecule has 0 atom stereocenters. The van der Waals surface area contributed by atoms with Crippen molar-refractivity contribution >= 4 is 5.97 Å². The van der Waals surface area contributed by atoms with E-state index in [9.17, 15) is 13.6 Å². The summed E-state index contributed by atoms with van der Waals surface area (Å²) in [5.74, 6) is -1.86. The molecule has 0 saturated heterocycles. The second-order valence-corrected chi connectivity index (χ2v) is 5.33. The zero-order chi connectivity index (χ0) is 18.5. The summed E-state index contributed by atoms with van der Waals surface area (Å²) in [5.41, 5.74) is 1.93. The van der Waals surface area contributed by atoms with E-state index in [1.54, 1.807) is 31.2 Å². The summed E-state index contributed by atoms with van der Waals surface area (Å²) in [4.78, 5) is 11.9. The number of esters is 1. The lowest BCUT2D eigenvalue weighted by molar-refractivity contribution is 0.0520. The molecule has 1 aromatic heterocycles. The SMILES string of the molecule is CCOC(=O)c1n[nH]nc1-c1ccc(COc2cc(F)cc(F)c2)cc1. The van der Waals surface area contributed by atoms with Gasteiger partial charge < -0.3 is 9.47 Å². The van der Waals surface area contributed by atoms with Gasteiger partial charge in [-0.25, -0.2) is 13.6 Å². The third-order valence-electron chi connectivity index (χ3n) is 3.49. The first-order valence-corrected chi connectivity index (χ1v) is 7.83. The molecule has 1 heterocycles. The molecule has 6 nitrogen and oxygen atoms in total. The fourth-order valence-electron chi connectivity index (χ4n) is 2.31. The van der Waals surface area contributed by atoms with E-state index >= 15 is 0 Å². The van der Waals surface area contributed by atoms with E-state index in [-0.39, 0.29) is 24.7 Å². The Kier molecular flexibility index (Phi) is 5.21. The van der Waals surface area contributed by atoms with Gasteiger partial charge in [0.1, 0.15) is 29.7 Å². The molecule has 2 aromatic carbocycles. The third-order valence-corrected chi connectivity index (χ3v) is 3.49. The Labute approximate surface area is 147 Å². The summed E-state index contributed by atoms with van der Waals surface area (Å²) in [5, 5.41) is 10.2. The van der Waals surface area contributed by atoms with Gasteiger partial charge in [-0.15, -0.1) is 5.10 Å². The number of benzene rings is 2. The van der Waals surface area contributed by atoms with E-state index in [1.165, 1.54) is 0 Å². The molecule has 0 aliphatic carbocycles. The highest BCUT2D eigenvalue weighted by Gasteiger charge is 2.18. The normalized spacial score (nSPS) is 10.6. The molecule has 0 amide bonds. The van der Waals surface area contributed by atoms with Crippen LogP contribution in [0.3, 0.4) is 0 Å². The Morgan fingerprint density at radius 1 is 1.08 bits per heavy atom. The number of aromatic nitrogens is 3. The average molecular weight is 359 g/mol. The van der Waals surface area contributed by atoms with Crippen molar-refractivity contribution in [3.63, 3.8) is 0 Å². The minimum absolute atomic E-state index is 0.103. The zero-order valence-electron chi connectivity index (χ0n) is 13.8. The Morgan fingerprint density at radius 3 is 2.42 bits per heavy atom. The van der Waals surface area contributed by atoms with Crippen molar-refractivity contribution in [3.05, 3.63) is 65.4 Å². The number of nitrogens with zero attached hydrogens (tertiary/aromatic N) is 2. The van der Waals surface area contributed by atoms with Crippen molar-refractivity contribution < 1.29 is 23.0 Å². The fraction of sp³-hybridized carbons (Fsp3) is 0.167. The maximum Gasteiger partial charge on any atom is 0.361 e. The number of hydrogen-bond acceptors (Lipinski definition) is 5. The van der Waals surface area contributed by atoms with Crippen LogP contribution in [-0.2, 0) is 11.3 Å². The van der Waals surface area contributed by atoms with Gasteiger partial charge in [0.05, 0.1) is 6.61 Å². The molecule has 8 heteroatoms. The maximum atomic E-state index is 13.1. The van der Waals surface area contributed by atoms with Gasteiger partial charge in [0.15, 0.2) is 5.69 Å². The molecule has 0 fully saturated rings. The van der Waals surface area contributed by atoms with Gasteiger partial charge in [-0.2, -0.15) is 10.3 Å². The van der Waals surface area contributed by atoms with Gasteiger partial charge in [-0.1, -0.05) is 24.3 Å². The highest BCUT2D eigenvalue weighted by molar-refractivity contribution is 5.93. The van der Waals surface area contributed by atoms with Crippen molar-refractivity contribution in [1.29, 1.82) is 0 Å². The maximum absolute atomic E-state index is 13.1. The van der Waals surface area contributed by atoms with Crippen molar-refractivity contribution in [2.24, 2.45) is 0 Å². The van der Waals surface area contributed by atoms with Crippen molar-refractivity contribution in [2.75, 3.05) is 6.61 Å². The summed E-state index contributed by atoms with van der Waals surface area (Å²) in [6.45, 7) is 2.08. The molecule has 0 radical (unpaired) electrons. The number of carbonyl (C=O) groups excluding carboxylic acids is 1. The first kappa shape index (κ1) is 17.5. The highest BCUT2D eigenvalue weighted by Crippen LogP contribution is 2.22.